The van der Waals surface area contributed by atoms with Gasteiger partial charge < -0.3 is 34.3 Å². The van der Waals surface area contributed by atoms with Crippen LogP contribution in [0.4, 0.5) is 0 Å². The molecule has 0 amide bonds. The molecule has 1 aliphatic rings. The molecule has 1 rings (SSSR count). The zero-order valence-corrected chi connectivity index (χ0v) is 38.1. The van der Waals surface area contributed by atoms with Crippen molar-refractivity contribution in [2.24, 2.45) is 0 Å². The lowest BCUT2D eigenvalue weighted by atomic mass is 10.00. The molecular formula is C47H84O12S. The van der Waals surface area contributed by atoms with E-state index < -0.39 is 71.2 Å². The van der Waals surface area contributed by atoms with Gasteiger partial charge in [0, 0.05) is 12.8 Å². The van der Waals surface area contributed by atoms with Gasteiger partial charge in [-0.1, -0.05) is 159 Å². The van der Waals surface area contributed by atoms with Crippen molar-refractivity contribution in [2.45, 2.75) is 230 Å². The molecule has 0 bridgehead atoms. The molecule has 0 aromatic carbocycles. The Morgan fingerprint density at radius 3 is 1.58 bits per heavy atom. The number of carbonyl (C=O) groups is 2. The molecule has 1 aliphatic heterocycles. The number of aliphatic hydroxyl groups excluding tert-OH is 3. The van der Waals surface area contributed by atoms with Crippen LogP contribution in [0.3, 0.4) is 0 Å². The van der Waals surface area contributed by atoms with Gasteiger partial charge in [-0.15, -0.1) is 0 Å². The largest absolute Gasteiger partial charge is 0.462 e. The third-order valence-corrected chi connectivity index (χ3v) is 11.5. The molecule has 2 unspecified atom stereocenters. The highest BCUT2D eigenvalue weighted by Crippen LogP contribution is 2.24. The van der Waals surface area contributed by atoms with Crippen molar-refractivity contribution in [3.05, 3.63) is 36.5 Å². The van der Waals surface area contributed by atoms with E-state index in [2.05, 4.69) is 44.2 Å². The minimum absolute atomic E-state index is 0.0800. The van der Waals surface area contributed by atoms with Gasteiger partial charge in [0.05, 0.1) is 6.61 Å². The highest BCUT2D eigenvalue weighted by molar-refractivity contribution is 7.85. The topological polar surface area (TPSA) is 186 Å². The first kappa shape index (κ1) is 55.9. The summed E-state index contributed by atoms with van der Waals surface area (Å²) in [5.41, 5.74) is 0. The molecule has 0 saturated carbocycles. The van der Waals surface area contributed by atoms with Crippen LogP contribution >= 0.6 is 0 Å². The van der Waals surface area contributed by atoms with Gasteiger partial charge in [0.2, 0.25) is 0 Å². The van der Waals surface area contributed by atoms with Crippen LogP contribution in [0.15, 0.2) is 36.5 Å². The number of carbonyl (C=O) groups excluding carboxylic acids is 2. The van der Waals surface area contributed by atoms with E-state index in [-0.39, 0.29) is 19.4 Å². The molecule has 1 heterocycles. The van der Waals surface area contributed by atoms with Gasteiger partial charge >= 0.3 is 11.9 Å². The Kier molecular flexibility index (Phi) is 34.9. The van der Waals surface area contributed by atoms with Gasteiger partial charge in [0.1, 0.15) is 36.8 Å². The average Bonchev–Trinajstić information content (AvgIpc) is 3.21. The van der Waals surface area contributed by atoms with Crippen molar-refractivity contribution in [1.29, 1.82) is 0 Å². The Bertz CT molecular complexity index is 1250. The summed E-state index contributed by atoms with van der Waals surface area (Å²) >= 11 is 0. The Morgan fingerprint density at radius 1 is 0.567 bits per heavy atom. The first-order chi connectivity index (χ1) is 29.0. The van der Waals surface area contributed by atoms with Gasteiger partial charge in [-0.25, -0.2) is 0 Å². The van der Waals surface area contributed by atoms with E-state index in [1.54, 1.807) is 0 Å². The van der Waals surface area contributed by atoms with Crippen LogP contribution in [0, 0.1) is 0 Å². The van der Waals surface area contributed by atoms with Gasteiger partial charge in [0.25, 0.3) is 10.1 Å². The second kappa shape index (κ2) is 37.4. The maximum Gasteiger partial charge on any atom is 0.306 e. The van der Waals surface area contributed by atoms with Gasteiger partial charge in [-0.2, -0.15) is 8.42 Å². The predicted octanol–water partition coefficient (Wildman–Crippen LogP) is 9.78. The molecule has 1 saturated heterocycles. The molecule has 0 radical (unpaired) electrons. The molecule has 0 aromatic heterocycles. The molecule has 1 fully saturated rings. The molecule has 4 N–H and O–H groups in total. The van der Waals surface area contributed by atoms with Crippen LogP contribution < -0.4 is 0 Å². The van der Waals surface area contributed by atoms with Crippen molar-refractivity contribution in [2.75, 3.05) is 19.0 Å². The summed E-state index contributed by atoms with van der Waals surface area (Å²) in [7, 11) is -4.61. The highest BCUT2D eigenvalue weighted by Gasteiger charge is 2.46. The SMILES string of the molecule is CCCCC/C=C/C/C=C/CCCCCCCCCC(=O)OC[C@H](CO[C@H]1O[C@H](CS(=O)(=O)O)[C@@H](O)C(O)C1O)OC(=O)CC/C=C/CCCCCCCCCCCCC. The lowest BCUT2D eigenvalue weighted by Crippen LogP contribution is -2.60. The molecule has 12 nitrogen and oxygen atoms in total. The summed E-state index contributed by atoms with van der Waals surface area (Å²) < 4.78 is 54.0. The predicted molar refractivity (Wildman–Crippen MR) is 238 cm³/mol. The number of ether oxygens (including phenoxy) is 4. The van der Waals surface area contributed by atoms with E-state index in [1.165, 1.54) is 103 Å². The van der Waals surface area contributed by atoms with Crippen molar-refractivity contribution in [1.82, 2.24) is 0 Å². The summed E-state index contributed by atoms with van der Waals surface area (Å²) in [6.07, 6.45) is 33.4. The standard InChI is InChI=1S/C47H84O12S/c1-3-5-7-9-11-13-15-17-19-20-22-23-25-27-29-31-33-35-42(48)56-37-40(38-57-47-46(52)45(51)44(50)41(59-47)39-60(53,54)55)58-43(49)36-34-32-30-28-26-24-21-18-16-14-12-10-8-6-4-2/h11,13,17,19,30,32,40-41,44-47,50-52H,3-10,12,14-16,18,20-29,31,33-39H2,1-2H3,(H,53,54,55)/b13-11+,19-17+,32-30+/t40-,41-,44-,45?,46?,47+/m1/s1. The summed E-state index contributed by atoms with van der Waals surface area (Å²) in [5, 5.41) is 30.9. The van der Waals surface area contributed by atoms with E-state index in [9.17, 15) is 37.9 Å². The number of hydrogen-bond donors (Lipinski definition) is 4. The molecule has 60 heavy (non-hydrogen) atoms. The van der Waals surface area contributed by atoms with Crippen LogP contribution in [0.2, 0.25) is 0 Å². The summed E-state index contributed by atoms with van der Waals surface area (Å²) in [5.74, 6) is -2.05. The minimum atomic E-state index is -4.61. The Morgan fingerprint density at radius 2 is 1.03 bits per heavy atom. The fourth-order valence-corrected chi connectivity index (χ4v) is 7.71. The number of unbranched alkanes of at least 4 members (excludes halogenated alkanes) is 21. The minimum Gasteiger partial charge on any atom is -0.462 e. The summed E-state index contributed by atoms with van der Waals surface area (Å²) in [6.45, 7) is 3.70. The third kappa shape index (κ3) is 31.7. The quantitative estimate of drug-likeness (QED) is 0.0199. The normalized spacial score (nSPS) is 20.4. The maximum absolute atomic E-state index is 12.8. The zero-order chi connectivity index (χ0) is 44.1. The Labute approximate surface area is 363 Å². The van der Waals surface area contributed by atoms with Gasteiger partial charge in [-0.05, 0) is 57.8 Å². The van der Waals surface area contributed by atoms with E-state index >= 15 is 0 Å². The number of hydrogen-bond acceptors (Lipinski definition) is 11. The number of allylic oxidation sites excluding steroid dienone is 6. The van der Waals surface area contributed by atoms with Crippen molar-refractivity contribution < 1.29 is 56.8 Å². The van der Waals surface area contributed by atoms with Crippen LogP contribution in [-0.4, -0.2) is 96.0 Å². The van der Waals surface area contributed by atoms with E-state index in [4.69, 9.17) is 18.9 Å². The van der Waals surface area contributed by atoms with Crippen LogP contribution in [0.25, 0.3) is 0 Å². The first-order valence-electron chi connectivity index (χ1n) is 23.5. The average molecular weight is 873 g/mol. The molecule has 6 atom stereocenters. The highest BCUT2D eigenvalue weighted by atomic mass is 32.2. The Hall–Kier alpha value is -2.13. The van der Waals surface area contributed by atoms with Crippen LogP contribution in [0.1, 0.15) is 194 Å². The molecule has 0 aromatic rings. The second-order valence-corrected chi connectivity index (χ2v) is 17.9. The fraction of sp³-hybridized carbons (Fsp3) is 0.830. The van der Waals surface area contributed by atoms with E-state index in [0.717, 1.165) is 51.4 Å². The third-order valence-electron chi connectivity index (χ3n) is 10.7. The zero-order valence-electron chi connectivity index (χ0n) is 37.3. The smallest absolute Gasteiger partial charge is 0.306 e. The maximum atomic E-state index is 12.8. The van der Waals surface area contributed by atoms with E-state index in [1.807, 2.05) is 6.08 Å². The number of esters is 2. The number of rotatable bonds is 39. The molecule has 350 valence electrons. The molecule has 13 heteroatoms. The Balaban J connectivity index is 2.45. The van der Waals surface area contributed by atoms with Crippen LogP contribution in [-0.2, 0) is 38.7 Å². The van der Waals surface area contributed by atoms with Crippen molar-refractivity contribution >= 4 is 22.1 Å². The first-order valence-corrected chi connectivity index (χ1v) is 25.2. The lowest BCUT2D eigenvalue weighted by molar-refractivity contribution is -0.297. The summed E-state index contributed by atoms with van der Waals surface area (Å²) in [6, 6.07) is 0. The monoisotopic (exact) mass is 873 g/mol. The van der Waals surface area contributed by atoms with Gasteiger partial charge in [-0.3, -0.25) is 14.1 Å². The summed E-state index contributed by atoms with van der Waals surface area (Å²) in [4.78, 5) is 25.4. The molecule has 0 aliphatic carbocycles. The van der Waals surface area contributed by atoms with Crippen molar-refractivity contribution in [3.63, 3.8) is 0 Å². The molecule has 0 spiro atoms. The lowest BCUT2D eigenvalue weighted by Gasteiger charge is -2.40. The van der Waals surface area contributed by atoms with Gasteiger partial charge in [0.15, 0.2) is 12.4 Å². The fourth-order valence-electron chi connectivity index (χ4n) is 7.02. The van der Waals surface area contributed by atoms with Crippen LogP contribution in [0.5, 0.6) is 0 Å². The number of aliphatic hydroxyl groups is 3. The molecular weight excluding hydrogens is 789 g/mol. The van der Waals surface area contributed by atoms with Crippen molar-refractivity contribution in [3.8, 4) is 0 Å². The second-order valence-electron chi connectivity index (χ2n) is 16.4. The van der Waals surface area contributed by atoms with E-state index in [0.29, 0.717) is 12.8 Å².